The van der Waals surface area contributed by atoms with E-state index in [0.29, 0.717) is 23.7 Å². The Balaban J connectivity index is 1.34. The molecule has 3 N–H and O–H groups in total. The van der Waals surface area contributed by atoms with E-state index < -0.39 is 6.04 Å². The van der Waals surface area contributed by atoms with E-state index in [1.165, 1.54) is 0 Å². The fraction of sp³-hybridized carbons (Fsp3) is 0.273. The highest BCUT2D eigenvalue weighted by Crippen LogP contribution is 2.26. The molecule has 0 bridgehead atoms. The summed E-state index contributed by atoms with van der Waals surface area (Å²) >= 11 is 1.60. The topological polar surface area (TPSA) is 85.4 Å². The second-order valence-corrected chi connectivity index (χ2v) is 8.10. The standard InChI is InChI=1S/C22H23N3O3S/c26-16-9-7-15(8-10-16)4-3-11-23-21(27)20-13-29-14-25(20)22(28)18-12-24-19-6-2-1-5-17(18)19/h1-2,5-10,12,20,24,26H,3-4,11,13-14H2,(H,23,27). The molecule has 2 amide bonds. The van der Waals surface area contributed by atoms with Gasteiger partial charge in [-0.3, -0.25) is 9.59 Å². The summed E-state index contributed by atoms with van der Waals surface area (Å²) in [6.45, 7) is 0.552. The van der Waals surface area contributed by atoms with Crippen LogP contribution in [0.2, 0.25) is 0 Å². The highest BCUT2D eigenvalue weighted by Gasteiger charge is 2.35. The van der Waals surface area contributed by atoms with Crippen LogP contribution in [0, 0.1) is 0 Å². The monoisotopic (exact) mass is 409 g/mol. The number of rotatable bonds is 6. The van der Waals surface area contributed by atoms with Crippen molar-refractivity contribution in [2.45, 2.75) is 18.9 Å². The van der Waals surface area contributed by atoms with E-state index in [0.717, 1.165) is 29.3 Å². The number of carbonyl (C=O) groups is 2. The van der Waals surface area contributed by atoms with E-state index in [-0.39, 0.29) is 17.6 Å². The number of amides is 2. The second-order valence-electron chi connectivity index (χ2n) is 7.10. The predicted molar refractivity (Wildman–Crippen MR) is 115 cm³/mol. The maximum absolute atomic E-state index is 13.1. The van der Waals surface area contributed by atoms with E-state index >= 15 is 0 Å². The van der Waals surface area contributed by atoms with Gasteiger partial charge in [-0.25, -0.2) is 0 Å². The number of fused-ring (bicyclic) bond motifs is 1. The number of benzene rings is 2. The van der Waals surface area contributed by atoms with E-state index in [1.54, 1.807) is 35.0 Å². The molecule has 3 aromatic rings. The van der Waals surface area contributed by atoms with Gasteiger partial charge in [0.25, 0.3) is 5.91 Å². The Bertz CT molecular complexity index is 1020. The van der Waals surface area contributed by atoms with Crippen LogP contribution in [0.1, 0.15) is 22.3 Å². The SMILES string of the molecule is O=C(NCCCc1ccc(O)cc1)C1CSCN1C(=O)c1c[nH]c2ccccc12. The van der Waals surface area contributed by atoms with Crippen LogP contribution in [0.25, 0.3) is 10.9 Å². The van der Waals surface area contributed by atoms with Gasteiger partial charge in [0.1, 0.15) is 11.8 Å². The first-order valence-corrected chi connectivity index (χ1v) is 10.8. The van der Waals surface area contributed by atoms with Gasteiger partial charge in [-0.05, 0) is 36.6 Å². The van der Waals surface area contributed by atoms with Gasteiger partial charge in [0.15, 0.2) is 0 Å². The van der Waals surface area contributed by atoms with Crippen molar-refractivity contribution in [2.24, 2.45) is 0 Å². The number of phenolic OH excluding ortho intramolecular Hbond substituents is 1. The summed E-state index contributed by atoms with van der Waals surface area (Å²) in [7, 11) is 0. The quantitative estimate of drug-likeness (QED) is 0.546. The van der Waals surface area contributed by atoms with Gasteiger partial charge in [0.05, 0.1) is 11.4 Å². The Hall–Kier alpha value is -2.93. The Kier molecular flexibility index (Phi) is 5.76. The molecule has 1 atom stereocenters. The first kappa shape index (κ1) is 19.4. The summed E-state index contributed by atoms with van der Waals surface area (Å²) in [5.41, 5.74) is 2.63. The number of hydrogen-bond acceptors (Lipinski definition) is 4. The number of thioether (sulfide) groups is 1. The molecule has 0 saturated carbocycles. The number of H-pyrrole nitrogens is 1. The fourth-order valence-corrected chi connectivity index (χ4v) is 4.70. The molecule has 2 aromatic carbocycles. The highest BCUT2D eigenvalue weighted by molar-refractivity contribution is 7.99. The van der Waals surface area contributed by atoms with Gasteiger partial charge in [-0.15, -0.1) is 11.8 Å². The van der Waals surface area contributed by atoms with E-state index in [9.17, 15) is 14.7 Å². The minimum absolute atomic E-state index is 0.103. The molecule has 1 saturated heterocycles. The number of nitrogens with one attached hydrogen (secondary N) is 2. The fourth-order valence-electron chi connectivity index (χ4n) is 3.55. The number of phenols is 1. The van der Waals surface area contributed by atoms with Gasteiger partial charge in [-0.2, -0.15) is 0 Å². The average Bonchev–Trinajstić information content (AvgIpc) is 3.39. The third-order valence-electron chi connectivity index (χ3n) is 5.14. The molecule has 1 aromatic heterocycles. The van der Waals surface area contributed by atoms with Crippen molar-refractivity contribution in [3.63, 3.8) is 0 Å². The highest BCUT2D eigenvalue weighted by atomic mass is 32.2. The Morgan fingerprint density at radius 2 is 1.97 bits per heavy atom. The third-order valence-corrected chi connectivity index (χ3v) is 6.16. The van der Waals surface area contributed by atoms with Crippen LogP contribution in [0.5, 0.6) is 5.75 Å². The lowest BCUT2D eigenvalue weighted by molar-refractivity contribution is -0.124. The van der Waals surface area contributed by atoms with Crippen LogP contribution in [0.15, 0.2) is 54.7 Å². The molecule has 1 fully saturated rings. The molecule has 1 aliphatic heterocycles. The Morgan fingerprint density at radius 1 is 1.17 bits per heavy atom. The van der Waals surface area contributed by atoms with Crippen LogP contribution >= 0.6 is 11.8 Å². The maximum Gasteiger partial charge on any atom is 0.257 e. The summed E-state index contributed by atoms with van der Waals surface area (Å²) < 4.78 is 0. The van der Waals surface area contributed by atoms with Crippen LogP contribution in [0.3, 0.4) is 0 Å². The summed E-state index contributed by atoms with van der Waals surface area (Å²) in [5.74, 6) is 1.16. The number of nitrogens with zero attached hydrogens (tertiary/aromatic N) is 1. The zero-order valence-corrected chi connectivity index (χ0v) is 16.7. The zero-order chi connectivity index (χ0) is 20.2. The van der Waals surface area contributed by atoms with Gasteiger partial charge >= 0.3 is 0 Å². The van der Waals surface area contributed by atoms with E-state index in [4.69, 9.17) is 0 Å². The van der Waals surface area contributed by atoms with Gasteiger partial charge in [-0.1, -0.05) is 30.3 Å². The van der Waals surface area contributed by atoms with Crippen molar-refractivity contribution < 1.29 is 14.7 Å². The summed E-state index contributed by atoms with van der Waals surface area (Å²) in [5, 5.41) is 13.2. The number of aromatic nitrogens is 1. The summed E-state index contributed by atoms with van der Waals surface area (Å²) in [6, 6.07) is 14.3. The van der Waals surface area contributed by atoms with Crippen molar-refractivity contribution in [1.82, 2.24) is 15.2 Å². The molecular weight excluding hydrogens is 386 g/mol. The average molecular weight is 410 g/mol. The van der Waals surface area contributed by atoms with Crippen molar-refractivity contribution in [1.29, 1.82) is 0 Å². The molecule has 0 aliphatic carbocycles. The van der Waals surface area contributed by atoms with E-state index in [1.807, 2.05) is 36.4 Å². The number of carbonyl (C=O) groups excluding carboxylic acids is 2. The van der Waals surface area contributed by atoms with Crippen LogP contribution in [0.4, 0.5) is 0 Å². The number of aryl methyl sites for hydroxylation is 1. The number of para-hydroxylation sites is 1. The second kappa shape index (κ2) is 8.61. The smallest absolute Gasteiger partial charge is 0.257 e. The van der Waals surface area contributed by atoms with Crippen molar-refractivity contribution in [3.05, 3.63) is 65.9 Å². The van der Waals surface area contributed by atoms with Crippen LogP contribution in [-0.4, -0.2) is 51.0 Å². The van der Waals surface area contributed by atoms with Crippen molar-refractivity contribution >= 4 is 34.5 Å². The number of aromatic hydroxyl groups is 1. The molecule has 1 aliphatic rings. The molecule has 6 nitrogen and oxygen atoms in total. The summed E-state index contributed by atoms with van der Waals surface area (Å²) in [4.78, 5) is 30.6. The van der Waals surface area contributed by atoms with Gasteiger partial charge in [0.2, 0.25) is 5.91 Å². The first-order chi connectivity index (χ1) is 14.1. The lowest BCUT2D eigenvalue weighted by Crippen LogP contribution is -2.47. The van der Waals surface area contributed by atoms with Gasteiger partial charge in [0, 0.05) is 29.4 Å². The minimum Gasteiger partial charge on any atom is -0.508 e. The zero-order valence-electron chi connectivity index (χ0n) is 15.9. The molecule has 4 rings (SSSR count). The molecular formula is C22H23N3O3S. The lowest BCUT2D eigenvalue weighted by Gasteiger charge is -2.23. The van der Waals surface area contributed by atoms with Crippen LogP contribution in [-0.2, 0) is 11.2 Å². The van der Waals surface area contributed by atoms with Crippen LogP contribution < -0.4 is 5.32 Å². The van der Waals surface area contributed by atoms with Gasteiger partial charge < -0.3 is 20.3 Å². The first-order valence-electron chi connectivity index (χ1n) is 9.64. The van der Waals surface area contributed by atoms with Crippen molar-refractivity contribution in [2.75, 3.05) is 18.2 Å². The normalized spacial score (nSPS) is 16.3. The maximum atomic E-state index is 13.1. The number of aromatic amines is 1. The lowest BCUT2D eigenvalue weighted by atomic mass is 10.1. The number of hydrogen-bond donors (Lipinski definition) is 3. The minimum atomic E-state index is -0.449. The molecule has 29 heavy (non-hydrogen) atoms. The Labute approximate surface area is 173 Å². The molecule has 0 spiro atoms. The largest absolute Gasteiger partial charge is 0.508 e. The third kappa shape index (κ3) is 4.24. The Morgan fingerprint density at radius 3 is 2.79 bits per heavy atom. The molecule has 7 heteroatoms. The van der Waals surface area contributed by atoms with E-state index in [2.05, 4.69) is 10.3 Å². The molecule has 1 unspecified atom stereocenters. The predicted octanol–water partition coefficient (Wildman–Crippen LogP) is 3.14. The molecule has 2 heterocycles. The van der Waals surface area contributed by atoms with Crippen molar-refractivity contribution in [3.8, 4) is 5.75 Å². The summed E-state index contributed by atoms with van der Waals surface area (Å²) in [6.07, 6.45) is 3.34. The molecule has 0 radical (unpaired) electrons. The molecule has 150 valence electrons.